The maximum atomic E-state index is 11.7. The third-order valence-electron chi connectivity index (χ3n) is 2.28. The van der Waals surface area contributed by atoms with E-state index in [1.54, 1.807) is 0 Å². The second-order valence-corrected chi connectivity index (χ2v) is 4.87. The van der Waals surface area contributed by atoms with E-state index >= 15 is 0 Å². The highest BCUT2D eigenvalue weighted by Gasteiger charge is 2.19. The van der Waals surface area contributed by atoms with Gasteiger partial charge in [0.2, 0.25) is 5.96 Å². The normalized spacial score (nSPS) is 21.9. The van der Waals surface area contributed by atoms with Crippen LogP contribution in [0.4, 0.5) is 5.69 Å². The second kappa shape index (κ2) is 6.99. The number of hydrogen-bond donors (Lipinski definition) is 2. The van der Waals surface area contributed by atoms with Crippen LogP contribution >= 0.6 is 23.2 Å². The molecule has 1 heterocycles. The number of nitrogens with zero attached hydrogens (tertiary/aromatic N) is 3. The molecule has 1 aliphatic rings. The SMILES string of the molecule is NC1=N\OC(=O)/C=C\C(=O)ON(c2cc(Cl)cc(Cl)c2)\C(N)=N\1. The van der Waals surface area contributed by atoms with E-state index in [4.69, 9.17) is 39.5 Å². The Kier molecular flexibility index (Phi) is 5.04. The van der Waals surface area contributed by atoms with Crippen molar-refractivity contribution >= 4 is 52.7 Å². The lowest BCUT2D eigenvalue weighted by Crippen LogP contribution is -2.40. The van der Waals surface area contributed by atoms with Crippen LogP contribution in [-0.4, -0.2) is 23.9 Å². The van der Waals surface area contributed by atoms with E-state index in [-0.39, 0.29) is 21.7 Å². The van der Waals surface area contributed by atoms with Gasteiger partial charge in [0, 0.05) is 22.2 Å². The van der Waals surface area contributed by atoms with Crippen LogP contribution in [0.3, 0.4) is 0 Å². The fraction of sp³-hybridized carbons (Fsp3) is 0. The molecule has 1 aromatic carbocycles. The Morgan fingerprint density at radius 2 is 1.61 bits per heavy atom. The number of hydroxylamine groups is 1. The number of rotatable bonds is 1. The topological polar surface area (TPSA) is 133 Å². The Hall–Kier alpha value is -2.78. The molecule has 0 aromatic heterocycles. The molecule has 0 unspecified atom stereocenters. The standard InChI is InChI=1S/C12H9Cl2N5O4/c13-6-3-7(14)5-8(4-6)19-12(16)17-11(15)18-22-9(20)1-2-10(21)23-19/h1-5H,(H4,15,16,17,18)/b2-1-. The highest BCUT2D eigenvalue weighted by molar-refractivity contribution is 6.35. The molecule has 0 bridgehead atoms. The van der Waals surface area contributed by atoms with E-state index in [1.165, 1.54) is 18.2 Å². The number of guanidine groups is 2. The van der Waals surface area contributed by atoms with Crippen LogP contribution in [0.2, 0.25) is 10.0 Å². The Bertz CT molecular complexity index is 727. The molecule has 2 rings (SSSR count). The lowest BCUT2D eigenvalue weighted by Gasteiger charge is -2.21. The van der Waals surface area contributed by atoms with Crippen LogP contribution in [-0.2, 0) is 19.3 Å². The molecule has 4 N–H and O–H groups in total. The van der Waals surface area contributed by atoms with Crippen molar-refractivity contribution < 1.29 is 19.3 Å². The van der Waals surface area contributed by atoms with Gasteiger partial charge in [0.1, 0.15) is 0 Å². The quantitative estimate of drug-likeness (QED) is 0.713. The smallest absolute Gasteiger partial charge is 0.359 e. The number of aliphatic imine (C=N–C) groups is 1. The lowest BCUT2D eigenvalue weighted by atomic mass is 10.3. The van der Waals surface area contributed by atoms with Gasteiger partial charge in [-0.15, -0.1) is 5.06 Å². The van der Waals surface area contributed by atoms with Crippen molar-refractivity contribution in [2.24, 2.45) is 21.6 Å². The first-order valence-corrected chi connectivity index (χ1v) is 6.65. The van der Waals surface area contributed by atoms with Crippen LogP contribution in [0.25, 0.3) is 0 Å². The minimum Gasteiger partial charge on any atom is -0.367 e. The number of halogens is 2. The van der Waals surface area contributed by atoms with Crippen molar-refractivity contribution in [3.8, 4) is 0 Å². The van der Waals surface area contributed by atoms with E-state index in [1.807, 2.05) is 0 Å². The molecular weight excluding hydrogens is 349 g/mol. The molecule has 0 fully saturated rings. The van der Waals surface area contributed by atoms with Gasteiger partial charge in [0.15, 0.2) is 0 Å². The molecule has 0 aliphatic carbocycles. The van der Waals surface area contributed by atoms with E-state index in [0.29, 0.717) is 0 Å². The summed E-state index contributed by atoms with van der Waals surface area (Å²) in [6, 6.07) is 4.30. The van der Waals surface area contributed by atoms with Gasteiger partial charge in [0.25, 0.3) is 5.96 Å². The molecule has 11 heteroatoms. The summed E-state index contributed by atoms with van der Waals surface area (Å²) in [4.78, 5) is 36.0. The number of nitrogens with two attached hydrogens (primary N) is 2. The summed E-state index contributed by atoms with van der Waals surface area (Å²) < 4.78 is 0. The third kappa shape index (κ3) is 4.59. The Balaban J connectivity index is 2.48. The summed E-state index contributed by atoms with van der Waals surface area (Å²) in [5.41, 5.74) is 11.4. The third-order valence-corrected chi connectivity index (χ3v) is 2.72. The molecule has 0 saturated heterocycles. The van der Waals surface area contributed by atoms with Crippen molar-refractivity contribution in [3.63, 3.8) is 0 Å². The number of hydrogen-bond acceptors (Lipinski definition) is 9. The fourth-order valence-electron chi connectivity index (χ4n) is 1.45. The molecule has 0 spiro atoms. The molecule has 0 saturated carbocycles. The predicted octanol–water partition coefficient (Wildman–Crippen LogP) is 0.915. The first kappa shape index (κ1) is 16.6. The molecule has 0 amide bonds. The largest absolute Gasteiger partial charge is 0.367 e. The zero-order valence-corrected chi connectivity index (χ0v) is 12.8. The number of carbonyl (C=O) groups is 2. The van der Waals surface area contributed by atoms with Crippen molar-refractivity contribution in [2.45, 2.75) is 0 Å². The number of benzene rings is 1. The zero-order chi connectivity index (χ0) is 17.0. The average molecular weight is 358 g/mol. The first-order valence-electron chi connectivity index (χ1n) is 5.90. The van der Waals surface area contributed by atoms with Gasteiger partial charge in [-0.2, -0.15) is 4.99 Å². The van der Waals surface area contributed by atoms with Crippen molar-refractivity contribution in [1.82, 2.24) is 0 Å². The highest BCUT2D eigenvalue weighted by atomic mass is 35.5. The van der Waals surface area contributed by atoms with E-state index in [0.717, 1.165) is 17.2 Å². The van der Waals surface area contributed by atoms with Crippen LogP contribution in [0.5, 0.6) is 0 Å². The predicted molar refractivity (Wildman–Crippen MR) is 83.5 cm³/mol. The van der Waals surface area contributed by atoms with Gasteiger partial charge in [-0.25, -0.2) is 9.59 Å². The van der Waals surface area contributed by atoms with Crippen LogP contribution in [0.15, 0.2) is 40.5 Å². The van der Waals surface area contributed by atoms with E-state index in [2.05, 4.69) is 15.0 Å². The molecule has 0 atom stereocenters. The van der Waals surface area contributed by atoms with Gasteiger partial charge < -0.3 is 21.1 Å². The Morgan fingerprint density at radius 3 is 2.26 bits per heavy atom. The van der Waals surface area contributed by atoms with E-state index in [9.17, 15) is 9.59 Å². The minimum absolute atomic E-state index is 0.199. The number of anilines is 1. The van der Waals surface area contributed by atoms with Gasteiger partial charge in [-0.1, -0.05) is 23.2 Å². The average Bonchev–Trinajstić information content (AvgIpc) is 2.48. The van der Waals surface area contributed by atoms with Crippen molar-refractivity contribution in [2.75, 3.05) is 5.06 Å². The Morgan fingerprint density at radius 1 is 1.00 bits per heavy atom. The maximum absolute atomic E-state index is 11.7. The molecule has 120 valence electrons. The molecule has 9 nitrogen and oxygen atoms in total. The van der Waals surface area contributed by atoms with Crippen molar-refractivity contribution in [1.29, 1.82) is 0 Å². The van der Waals surface area contributed by atoms with Crippen LogP contribution in [0, 0.1) is 0 Å². The number of oxime groups is 1. The monoisotopic (exact) mass is 357 g/mol. The molecular formula is C12H9Cl2N5O4. The van der Waals surface area contributed by atoms with Gasteiger partial charge in [0.05, 0.1) is 5.69 Å². The lowest BCUT2D eigenvalue weighted by molar-refractivity contribution is -0.140. The molecule has 23 heavy (non-hydrogen) atoms. The summed E-state index contributed by atoms with van der Waals surface area (Å²) in [6.45, 7) is 0. The number of carbonyl (C=O) groups excluding carboxylic acids is 2. The molecule has 1 aromatic rings. The summed E-state index contributed by atoms with van der Waals surface area (Å²) in [6.07, 6.45) is 1.61. The summed E-state index contributed by atoms with van der Waals surface area (Å²) in [5.74, 6) is -2.72. The summed E-state index contributed by atoms with van der Waals surface area (Å²) in [5, 5.41) is 4.58. The summed E-state index contributed by atoms with van der Waals surface area (Å²) in [7, 11) is 0. The van der Waals surface area contributed by atoms with Crippen molar-refractivity contribution in [3.05, 3.63) is 40.4 Å². The van der Waals surface area contributed by atoms with Gasteiger partial charge in [-0.05, 0) is 23.4 Å². The Labute approximate surface area is 139 Å². The van der Waals surface area contributed by atoms with Crippen LogP contribution in [0.1, 0.15) is 0 Å². The summed E-state index contributed by atoms with van der Waals surface area (Å²) >= 11 is 11.8. The fourth-order valence-corrected chi connectivity index (χ4v) is 1.96. The van der Waals surface area contributed by atoms with Crippen LogP contribution < -0.4 is 16.5 Å². The van der Waals surface area contributed by atoms with E-state index < -0.39 is 17.9 Å². The molecule has 1 aliphatic heterocycles. The second-order valence-electron chi connectivity index (χ2n) is 4.00. The first-order chi connectivity index (χ1) is 10.8. The molecule has 0 radical (unpaired) electrons. The minimum atomic E-state index is -0.946. The van der Waals surface area contributed by atoms with Gasteiger partial charge in [-0.3, -0.25) is 0 Å². The maximum Gasteiger partial charge on any atom is 0.359 e. The van der Waals surface area contributed by atoms with Gasteiger partial charge >= 0.3 is 11.9 Å². The zero-order valence-electron chi connectivity index (χ0n) is 11.3. The highest BCUT2D eigenvalue weighted by Crippen LogP contribution is 2.25.